The van der Waals surface area contributed by atoms with Gasteiger partial charge in [-0.15, -0.1) is 0 Å². The van der Waals surface area contributed by atoms with Crippen LogP contribution in [-0.4, -0.2) is 37.0 Å². The minimum absolute atomic E-state index is 0.0974. The maximum absolute atomic E-state index is 12.2. The number of ether oxygens (including phenoxy) is 1. The van der Waals surface area contributed by atoms with Gasteiger partial charge >= 0.3 is 6.03 Å². The molecule has 1 aliphatic rings. The average molecular weight is 380 g/mol. The number of likely N-dealkylation sites (tertiary alicyclic amines) is 1. The molecule has 1 atom stereocenters. The van der Waals surface area contributed by atoms with Crippen LogP contribution in [0.4, 0.5) is 10.5 Å². The minimum atomic E-state index is -0.446. The summed E-state index contributed by atoms with van der Waals surface area (Å²) in [5.74, 6) is 1.23. The topological polar surface area (TPSA) is 79.9 Å². The number of hydrogen-bond donors (Lipinski definition) is 2. The molecule has 3 rings (SSSR count). The Kier molecular flexibility index (Phi) is 6.66. The number of aliphatic imine (C=N–C) groups is 1. The molecular weight excluding hydrogens is 352 g/mol. The van der Waals surface area contributed by atoms with Crippen LogP contribution in [0, 0.1) is 12.8 Å². The number of amidine groups is 1. The van der Waals surface area contributed by atoms with Crippen molar-refractivity contribution in [2.24, 2.45) is 16.6 Å². The van der Waals surface area contributed by atoms with Crippen molar-refractivity contribution in [2.45, 2.75) is 26.3 Å². The summed E-state index contributed by atoms with van der Waals surface area (Å²) in [6.45, 7) is 4.85. The molecule has 6 heteroatoms. The van der Waals surface area contributed by atoms with E-state index in [9.17, 15) is 4.79 Å². The van der Waals surface area contributed by atoms with Crippen LogP contribution in [0.3, 0.4) is 0 Å². The molecule has 6 nitrogen and oxygen atoms in total. The Balaban J connectivity index is 1.57. The van der Waals surface area contributed by atoms with Gasteiger partial charge in [0, 0.05) is 24.7 Å². The monoisotopic (exact) mass is 380 g/mol. The van der Waals surface area contributed by atoms with E-state index in [1.165, 1.54) is 11.1 Å². The normalized spacial score (nSPS) is 17.9. The molecule has 2 amide bonds. The molecule has 28 heavy (non-hydrogen) atoms. The van der Waals surface area contributed by atoms with E-state index in [0.29, 0.717) is 11.5 Å². The Labute approximate surface area is 166 Å². The molecular formula is C22H28N4O2. The van der Waals surface area contributed by atoms with Gasteiger partial charge in [-0.25, -0.2) is 4.79 Å². The first-order chi connectivity index (χ1) is 13.5. The number of piperidine rings is 1. The maximum atomic E-state index is 12.2. The van der Waals surface area contributed by atoms with Crippen molar-refractivity contribution in [3.05, 3.63) is 59.7 Å². The summed E-state index contributed by atoms with van der Waals surface area (Å²) < 4.78 is 5.11. The lowest BCUT2D eigenvalue weighted by Crippen LogP contribution is -2.41. The molecule has 0 unspecified atom stereocenters. The zero-order chi connectivity index (χ0) is 19.9. The van der Waals surface area contributed by atoms with Gasteiger partial charge in [-0.05, 0) is 56.1 Å². The molecule has 2 aromatic rings. The van der Waals surface area contributed by atoms with Gasteiger partial charge in [-0.2, -0.15) is 4.99 Å². The van der Waals surface area contributed by atoms with Crippen molar-refractivity contribution in [1.29, 1.82) is 0 Å². The quantitative estimate of drug-likeness (QED) is 0.611. The van der Waals surface area contributed by atoms with Crippen LogP contribution in [0.5, 0.6) is 5.75 Å². The van der Waals surface area contributed by atoms with Crippen LogP contribution in [0.1, 0.15) is 24.0 Å². The lowest BCUT2D eigenvalue weighted by Gasteiger charge is -2.32. The van der Waals surface area contributed by atoms with E-state index in [4.69, 9.17) is 10.5 Å². The number of rotatable bonds is 5. The highest BCUT2D eigenvalue weighted by Gasteiger charge is 2.23. The van der Waals surface area contributed by atoms with E-state index in [1.54, 1.807) is 31.4 Å². The molecule has 0 spiro atoms. The molecule has 0 aromatic heterocycles. The Bertz CT molecular complexity index is 833. The van der Waals surface area contributed by atoms with Crippen molar-refractivity contribution < 1.29 is 9.53 Å². The first-order valence-corrected chi connectivity index (χ1v) is 9.60. The highest BCUT2D eigenvalue weighted by molar-refractivity contribution is 6.00. The summed E-state index contributed by atoms with van der Waals surface area (Å²) in [7, 11) is 1.60. The van der Waals surface area contributed by atoms with Gasteiger partial charge < -0.3 is 15.8 Å². The van der Waals surface area contributed by atoms with E-state index < -0.39 is 6.03 Å². The number of hydrogen-bond acceptors (Lipinski definition) is 3. The van der Waals surface area contributed by atoms with Crippen LogP contribution in [0.25, 0.3) is 0 Å². The summed E-state index contributed by atoms with van der Waals surface area (Å²) in [4.78, 5) is 18.7. The second kappa shape index (κ2) is 9.37. The van der Waals surface area contributed by atoms with Crippen molar-refractivity contribution in [3.8, 4) is 5.75 Å². The van der Waals surface area contributed by atoms with Gasteiger partial charge in [0.1, 0.15) is 11.6 Å². The average Bonchev–Trinajstić information content (AvgIpc) is 2.68. The fraction of sp³-hybridized carbons (Fsp3) is 0.364. The van der Waals surface area contributed by atoms with Crippen molar-refractivity contribution in [1.82, 2.24) is 4.90 Å². The van der Waals surface area contributed by atoms with Crippen molar-refractivity contribution >= 4 is 17.6 Å². The zero-order valence-corrected chi connectivity index (χ0v) is 16.5. The van der Waals surface area contributed by atoms with Crippen LogP contribution >= 0.6 is 0 Å². The molecule has 0 saturated carbocycles. The third-order valence-corrected chi connectivity index (χ3v) is 4.98. The molecule has 0 radical (unpaired) electrons. The molecule has 1 fully saturated rings. The standard InChI is InChI=1S/C22H28N4O2/c1-16-5-3-6-17(13-16)14-26-12-4-7-18(15-26)21(23)25-22(27)24-19-8-10-20(28-2)11-9-19/h3,5-6,8-11,13,18H,4,7,12,14-15H2,1-2H3,(H3,23,24,25,27)/t18-/m0/s1. The van der Waals surface area contributed by atoms with Crippen molar-refractivity contribution in [2.75, 3.05) is 25.5 Å². The number of nitrogens with one attached hydrogen (secondary N) is 1. The van der Waals surface area contributed by atoms with E-state index in [2.05, 4.69) is 46.4 Å². The smallest absolute Gasteiger partial charge is 0.347 e. The Morgan fingerprint density at radius 1 is 1.29 bits per heavy atom. The third-order valence-electron chi connectivity index (χ3n) is 4.98. The Morgan fingerprint density at radius 2 is 2.07 bits per heavy atom. The SMILES string of the molecule is COc1ccc(NC(=O)/N=C(\N)[C@H]2CCCN(Cc3cccc(C)c3)C2)cc1. The largest absolute Gasteiger partial charge is 0.497 e. The number of carbonyl (C=O) groups excluding carboxylic acids is 1. The number of amides is 2. The van der Waals surface area contributed by atoms with Crippen LogP contribution in [-0.2, 0) is 6.54 Å². The number of nitrogens with two attached hydrogens (primary N) is 1. The number of benzene rings is 2. The molecule has 1 heterocycles. The van der Waals surface area contributed by atoms with Crippen LogP contribution in [0.2, 0.25) is 0 Å². The van der Waals surface area contributed by atoms with Gasteiger partial charge in [-0.3, -0.25) is 4.90 Å². The molecule has 0 bridgehead atoms. The maximum Gasteiger partial charge on any atom is 0.347 e. The predicted octanol–water partition coefficient (Wildman–Crippen LogP) is 3.80. The number of aryl methyl sites for hydroxylation is 1. The van der Waals surface area contributed by atoms with E-state index in [0.717, 1.165) is 38.2 Å². The minimum Gasteiger partial charge on any atom is -0.497 e. The Morgan fingerprint density at radius 3 is 2.79 bits per heavy atom. The summed E-state index contributed by atoms with van der Waals surface area (Å²) in [6, 6.07) is 15.2. The van der Waals surface area contributed by atoms with Crippen molar-refractivity contribution in [3.63, 3.8) is 0 Å². The lowest BCUT2D eigenvalue weighted by molar-refractivity contribution is 0.196. The molecule has 3 N–H and O–H groups in total. The van der Waals surface area contributed by atoms with E-state index in [1.807, 2.05) is 0 Å². The first kappa shape index (κ1) is 19.9. The molecule has 0 aliphatic carbocycles. The fourth-order valence-electron chi connectivity index (χ4n) is 3.54. The summed E-state index contributed by atoms with van der Waals surface area (Å²) in [5.41, 5.74) is 9.40. The van der Waals surface area contributed by atoms with E-state index in [-0.39, 0.29) is 5.92 Å². The summed E-state index contributed by atoms with van der Waals surface area (Å²) in [6.07, 6.45) is 2.00. The zero-order valence-electron chi connectivity index (χ0n) is 16.5. The number of nitrogens with zero attached hydrogens (tertiary/aromatic N) is 2. The van der Waals surface area contributed by atoms with Crippen LogP contribution < -0.4 is 15.8 Å². The van der Waals surface area contributed by atoms with Gasteiger partial charge in [0.2, 0.25) is 0 Å². The number of carbonyl (C=O) groups is 1. The fourth-order valence-corrected chi connectivity index (χ4v) is 3.54. The number of anilines is 1. The Hall–Kier alpha value is -2.86. The molecule has 2 aromatic carbocycles. The van der Waals surface area contributed by atoms with Gasteiger partial charge in [0.15, 0.2) is 0 Å². The van der Waals surface area contributed by atoms with Gasteiger partial charge in [-0.1, -0.05) is 29.8 Å². The predicted molar refractivity (Wildman–Crippen MR) is 113 cm³/mol. The summed E-state index contributed by atoms with van der Waals surface area (Å²) >= 11 is 0. The van der Waals surface area contributed by atoms with Crippen LogP contribution in [0.15, 0.2) is 53.5 Å². The molecule has 148 valence electrons. The van der Waals surface area contributed by atoms with E-state index >= 15 is 0 Å². The number of methoxy groups -OCH3 is 1. The third kappa shape index (κ3) is 5.57. The summed E-state index contributed by atoms with van der Waals surface area (Å²) in [5, 5.41) is 2.74. The second-order valence-corrected chi connectivity index (χ2v) is 7.26. The second-order valence-electron chi connectivity index (χ2n) is 7.26. The molecule has 1 saturated heterocycles. The molecule has 1 aliphatic heterocycles. The highest BCUT2D eigenvalue weighted by Crippen LogP contribution is 2.20. The lowest BCUT2D eigenvalue weighted by atomic mass is 9.96. The van der Waals surface area contributed by atoms with Gasteiger partial charge in [0.25, 0.3) is 0 Å². The first-order valence-electron chi connectivity index (χ1n) is 9.60. The number of urea groups is 1. The highest BCUT2D eigenvalue weighted by atomic mass is 16.5. The van der Waals surface area contributed by atoms with Gasteiger partial charge in [0.05, 0.1) is 7.11 Å².